The summed E-state index contributed by atoms with van der Waals surface area (Å²) in [5.41, 5.74) is 3.59. The van der Waals surface area contributed by atoms with E-state index >= 15 is 0 Å². The number of hydrogen-bond donors (Lipinski definition) is 2. The Hall–Kier alpha value is -5.55. The van der Waals surface area contributed by atoms with Crippen molar-refractivity contribution in [3.8, 4) is 0 Å². The van der Waals surface area contributed by atoms with Crippen LogP contribution in [0.3, 0.4) is 0 Å². The molecule has 5 rings (SSSR count). The van der Waals surface area contributed by atoms with Gasteiger partial charge in [0.1, 0.15) is 5.70 Å². The van der Waals surface area contributed by atoms with Gasteiger partial charge in [-0.15, -0.1) is 11.8 Å². The molecule has 0 bridgehead atoms. The largest absolute Gasteiger partial charge is 0.321 e. The van der Waals surface area contributed by atoms with Gasteiger partial charge in [0.25, 0.3) is 17.5 Å². The summed E-state index contributed by atoms with van der Waals surface area (Å²) < 4.78 is 0. The van der Waals surface area contributed by atoms with Gasteiger partial charge in [-0.1, -0.05) is 30.3 Å². The SMILES string of the molecule is Cc1ccc(N2C(=O)CC(Sc3cccc(NC(=O)C(=Cc4ccc([N+](=O)[O-])cc4)NC(=O)c4ccccc4)c3)C2=O)cc1C. The molecular formula is C34H28N4O6S. The Morgan fingerprint density at radius 2 is 1.64 bits per heavy atom. The van der Waals surface area contributed by atoms with Crippen molar-refractivity contribution >= 4 is 58.5 Å². The summed E-state index contributed by atoms with van der Waals surface area (Å²) in [6, 6.07) is 26.2. The molecule has 1 fully saturated rings. The van der Waals surface area contributed by atoms with Gasteiger partial charge >= 0.3 is 0 Å². The molecule has 0 saturated carbocycles. The average Bonchev–Trinajstić information content (AvgIpc) is 3.30. The minimum Gasteiger partial charge on any atom is -0.321 e. The van der Waals surface area contributed by atoms with Crippen LogP contribution >= 0.6 is 11.8 Å². The fraction of sp³-hybridized carbons (Fsp3) is 0.118. The molecule has 1 atom stereocenters. The smallest absolute Gasteiger partial charge is 0.272 e. The number of imide groups is 1. The summed E-state index contributed by atoms with van der Waals surface area (Å²) >= 11 is 1.23. The summed E-state index contributed by atoms with van der Waals surface area (Å²) in [5, 5.41) is 15.8. The Bertz CT molecular complexity index is 1840. The Morgan fingerprint density at radius 3 is 2.33 bits per heavy atom. The summed E-state index contributed by atoms with van der Waals surface area (Å²) in [4.78, 5) is 64.9. The molecule has 0 aliphatic carbocycles. The predicted molar refractivity (Wildman–Crippen MR) is 173 cm³/mol. The van der Waals surface area contributed by atoms with Gasteiger partial charge in [0.05, 0.1) is 15.9 Å². The van der Waals surface area contributed by atoms with Crippen molar-refractivity contribution in [2.24, 2.45) is 0 Å². The molecule has 11 heteroatoms. The van der Waals surface area contributed by atoms with Crippen molar-refractivity contribution in [3.63, 3.8) is 0 Å². The average molecular weight is 621 g/mol. The predicted octanol–water partition coefficient (Wildman–Crippen LogP) is 6.05. The second kappa shape index (κ2) is 13.4. The molecule has 1 saturated heterocycles. The lowest BCUT2D eigenvalue weighted by Gasteiger charge is -2.16. The van der Waals surface area contributed by atoms with Crippen LogP contribution in [0.4, 0.5) is 17.1 Å². The molecule has 226 valence electrons. The number of benzene rings is 4. The van der Waals surface area contributed by atoms with E-state index in [0.29, 0.717) is 27.4 Å². The van der Waals surface area contributed by atoms with E-state index in [-0.39, 0.29) is 29.6 Å². The zero-order valence-corrected chi connectivity index (χ0v) is 25.2. The number of hydrogen-bond acceptors (Lipinski definition) is 7. The van der Waals surface area contributed by atoms with Gasteiger partial charge in [-0.25, -0.2) is 4.90 Å². The van der Waals surface area contributed by atoms with Gasteiger partial charge in [0.2, 0.25) is 11.8 Å². The highest BCUT2D eigenvalue weighted by Gasteiger charge is 2.40. The van der Waals surface area contributed by atoms with Crippen LogP contribution in [0.15, 0.2) is 108 Å². The van der Waals surface area contributed by atoms with Gasteiger partial charge < -0.3 is 10.6 Å². The van der Waals surface area contributed by atoms with Crippen LogP contribution in [0.5, 0.6) is 0 Å². The second-order valence-corrected chi connectivity index (χ2v) is 11.6. The van der Waals surface area contributed by atoms with E-state index in [1.807, 2.05) is 26.0 Å². The van der Waals surface area contributed by atoms with Gasteiger partial charge in [-0.3, -0.25) is 29.3 Å². The Kier molecular flexibility index (Phi) is 9.20. The molecule has 4 amide bonds. The van der Waals surface area contributed by atoms with E-state index < -0.39 is 22.0 Å². The lowest BCUT2D eigenvalue weighted by atomic mass is 10.1. The van der Waals surface area contributed by atoms with Gasteiger partial charge in [0.15, 0.2) is 0 Å². The maximum atomic E-state index is 13.4. The minimum atomic E-state index is -0.632. The van der Waals surface area contributed by atoms with E-state index in [1.165, 1.54) is 47.0 Å². The molecule has 0 aromatic heterocycles. The molecule has 1 unspecified atom stereocenters. The topological polar surface area (TPSA) is 139 Å². The van der Waals surface area contributed by atoms with Crippen LogP contribution in [-0.4, -0.2) is 33.8 Å². The van der Waals surface area contributed by atoms with Crippen LogP contribution in [0, 0.1) is 24.0 Å². The first-order chi connectivity index (χ1) is 21.6. The number of nitro benzene ring substituents is 1. The third-order valence-corrected chi connectivity index (χ3v) is 8.35. The standard InChI is InChI=1S/C34H28N4O6S/c1-21-11-14-27(17-22(21)2)37-31(39)20-30(34(37)42)45-28-10-6-9-25(19-28)35-33(41)29(36-32(40)24-7-4-3-5-8-24)18-23-12-15-26(16-13-23)38(43)44/h3-19,30H,20H2,1-2H3,(H,35,41)(H,36,40). The van der Waals surface area contributed by atoms with Gasteiger partial charge in [-0.05, 0) is 91.2 Å². The second-order valence-electron chi connectivity index (χ2n) is 10.4. The van der Waals surface area contributed by atoms with Crippen LogP contribution in [0.2, 0.25) is 0 Å². The minimum absolute atomic E-state index is 0.0423. The zero-order valence-electron chi connectivity index (χ0n) is 24.4. The molecule has 10 nitrogen and oxygen atoms in total. The number of anilines is 2. The molecule has 1 heterocycles. The van der Waals surface area contributed by atoms with Crippen molar-refractivity contribution in [2.75, 3.05) is 10.2 Å². The Morgan fingerprint density at radius 1 is 0.911 bits per heavy atom. The zero-order chi connectivity index (χ0) is 32.1. The van der Waals surface area contributed by atoms with Crippen LogP contribution in [0.25, 0.3) is 6.08 Å². The monoisotopic (exact) mass is 620 g/mol. The van der Waals surface area contributed by atoms with Crippen molar-refractivity contribution in [1.82, 2.24) is 5.32 Å². The fourth-order valence-corrected chi connectivity index (χ4v) is 5.76. The number of amides is 4. The number of nitrogens with zero attached hydrogens (tertiary/aromatic N) is 2. The van der Waals surface area contributed by atoms with Gasteiger partial charge in [0, 0.05) is 34.7 Å². The van der Waals surface area contributed by atoms with E-state index in [9.17, 15) is 29.3 Å². The highest BCUT2D eigenvalue weighted by Crippen LogP contribution is 2.35. The first kappa shape index (κ1) is 30.9. The molecule has 45 heavy (non-hydrogen) atoms. The van der Waals surface area contributed by atoms with Crippen molar-refractivity contribution in [3.05, 3.63) is 135 Å². The molecule has 4 aromatic rings. The summed E-state index contributed by atoms with van der Waals surface area (Å²) in [6.07, 6.45) is 1.46. The number of aryl methyl sites for hydroxylation is 2. The van der Waals surface area contributed by atoms with E-state index in [1.54, 1.807) is 60.7 Å². The van der Waals surface area contributed by atoms with E-state index in [0.717, 1.165) is 11.1 Å². The highest BCUT2D eigenvalue weighted by molar-refractivity contribution is 8.00. The Labute approximate surface area is 263 Å². The van der Waals surface area contributed by atoms with Crippen molar-refractivity contribution in [1.29, 1.82) is 0 Å². The number of nitrogens with one attached hydrogen (secondary N) is 2. The molecule has 0 radical (unpaired) electrons. The first-order valence-corrected chi connectivity index (χ1v) is 14.8. The fourth-order valence-electron chi connectivity index (χ4n) is 4.64. The van der Waals surface area contributed by atoms with Crippen molar-refractivity contribution in [2.45, 2.75) is 30.4 Å². The van der Waals surface area contributed by atoms with E-state index in [4.69, 9.17) is 0 Å². The molecule has 0 spiro atoms. The quantitative estimate of drug-likeness (QED) is 0.101. The van der Waals surface area contributed by atoms with Crippen LogP contribution < -0.4 is 15.5 Å². The number of carbonyl (C=O) groups excluding carboxylic acids is 4. The molecule has 2 N–H and O–H groups in total. The van der Waals surface area contributed by atoms with Crippen molar-refractivity contribution < 1.29 is 24.1 Å². The number of non-ortho nitro benzene ring substituents is 1. The normalized spacial score (nSPS) is 14.8. The maximum absolute atomic E-state index is 13.4. The van der Waals surface area contributed by atoms with E-state index in [2.05, 4.69) is 10.6 Å². The highest BCUT2D eigenvalue weighted by atomic mass is 32.2. The number of nitro groups is 1. The lowest BCUT2D eigenvalue weighted by molar-refractivity contribution is -0.384. The summed E-state index contributed by atoms with van der Waals surface area (Å²) in [7, 11) is 0. The first-order valence-electron chi connectivity index (χ1n) is 13.9. The molecule has 4 aromatic carbocycles. The molecule has 1 aliphatic heterocycles. The molecular weight excluding hydrogens is 592 g/mol. The Balaban J connectivity index is 1.33. The summed E-state index contributed by atoms with van der Waals surface area (Å²) in [5.74, 6) is -1.73. The van der Waals surface area contributed by atoms with Crippen LogP contribution in [0.1, 0.15) is 33.5 Å². The lowest BCUT2D eigenvalue weighted by Crippen LogP contribution is -2.31. The third-order valence-electron chi connectivity index (χ3n) is 7.17. The number of thioether (sulfide) groups is 1. The van der Waals surface area contributed by atoms with Crippen LogP contribution in [-0.2, 0) is 14.4 Å². The van der Waals surface area contributed by atoms with Gasteiger partial charge in [-0.2, -0.15) is 0 Å². The summed E-state index contributed by atoms with van der Waals surface area (Å²) in [6.45, 7) is 3.89. The number of carbonyl (C=O) groups is 4. The number of rotatable bonds is 9. The molecule has 1 aliphatic rings. The maximum Gasteiger partial charge on any atom is 0.272 e. The third kappa shape index (κ3) is 7.34.